The Kier molecular flexibility index (Phi) is 2.77. The number of carboxylic acid groups (broad SMARTS) is 1. The molecule has 1 aliphatic carbocycles. The number of carbonyl (C=O) groups excluding carboxylic acids is 1. The van der Waals surface area contributed by atoms with Crippen LogP contribution in [0.3, 0.4) is 0 Å². The van der Waals surface area contributed by atoms with Gasteiger partial charge in [0.2, 0.25) is 0 Å². The summed E-state index contributed by atoms with van der Waals surface area (Å²) in [5.74, 6) is -0.829. The van der Waals surface area contributed by atoms with Gasteiger partial charge in [-0.05, 0) is 24.3 Å². The van der Waals surface area contributed by atoms with Crippen LogP contribution in [0.5, 0.6) is 0 Å². The Bertz CT molecular complexity index is 453. The average Bonchev–Trinajstić information content (AvgIpc) is 3.09. The van der Waals surface area contributed by atoms with Crippen LogP contribution in [0.1, 0.15) is 48.5 Å². The summed E-state index contributed by atoms with van der Waals surface area (Å²) in [7, 11) is 0. The SMILES string of the molecule is CC(C)c1ccc(C(=O)C2(C(=O)O)CC2)cc1. The largest absolute Gasteiger partial charge is 0.480 e. The third-order valence-electron chi connectivity index (χ3n) is 3.43. The summed E-state index contributed by atoms with van der Waals surface area (Å²) < 4.78 is 0. The highest BCUT2D eigenvalue weighted by molar-refractivity contribution is 6.14. The minimum atomic E-state index is -1.13. The maximum atomic E-state index is 12.1. The van der Waals surface area contributed by atoms with Crippen LogP contribution in [-0.4, -0.2) is 16.9 Å². The summed E-state index contributed by atoms with van der Waals surface area (Å²) in [4.78, 5) is 23.1. The molecular formula is C14H16O3. The van der Waals surface area contributed by atoms with Crippen molar-refractivity contribution in [2.45, 2.75) is 32.6 Å². The molecule has 1 fully saturated rings. The van der Waals surface area contributed by atoms with Gasteiger partial charge < -0.3 is 5.11 Å². The zero-order valence-electron chi connectivity index (χ0n) is 10.1. The van der Waals surface area contributed by atoms with Gasteiger partial charge >= 0.3 is 5.97 Å². The van der Waals surface area contributed by atoms with Crippen molar-refractivity contribution >= 4 is 11.8 Å². The van der Waals surface area contributed by atoms with Gasteiger partial charge in [0, 0.05) is 5.56 Å². The molecule has 0 heterocycles. The smallest absolute Gasteiger partial charge is 0.317 e. The standard InChI is InChI=1S/C14H16O3/c1-9(2)10-3-5-11(6-4-10)12(15)14(7-8-14)13(16)17/h3-6,9H,7-8H2,1-2H3,(H,16,17). The first kappa shape index (κ1) is 11.8. The first-order valence-corrected chi connectivity index (χ1v) is 5.85. The van der Waals surface area contributed by atoms with E-state index in [1.165, 1.54) is 0 Å². The third kappa shape index (κ3) is 1.97. The predicted molar refractivity (Wildman–Crippen MR) is 64.2 cm³/mol. The average molecular weight is 232 g/mol. The number of carbonyl (C=O) groups is 2. The van der Waals surface area contributed by atoms with Crippen LogP contribution >= 0.6 is 0 Å². The van der Waals surface area contributed by atoms with E-state index in [-0.39, 0.29) is 5.78 Å². The number of benzene rings is 1. The van der Waals surface area contributed by atoms with Crippen molar-refractivity contribution in [1.82, 2.24) is 0 Å². The van der Waals surface area contributed by atoms with E-state index in [1.807, 2.05) is 12.1 Å². The Balaban J connectivity index is 2.24. The minimum absolute atomic E-state index is 0.250. The molecule has 1 N–H and O–H groups in total. The van der Waals surface area contributed by atoms with Crippen LogP contribution in [0, 0.1) is 5.41 Å². The van der Waals surface area contributed by atoms with Gasteiger partial charge in [-0.2, -0.15) is 0 Å². The molecule has 0 aromatic heterocycles. The second-order valence-electron chi connectivity index (χ2n) is 4.99. The van der Waals surface area contributed by atoms with E-state index in [0.717, 1.165) is 5.56 Å². The van der Waals surface area contributed by atoms with Gasteiger partial charge in [-0.1, -0.05) is 38.1 Å². The van der Waals surface area contributed by atoms with Crippen molar-refractivity contribution in [2.24, 2.45) is 5.41 Å². The van der Waals surface area contributed by atoms with Crippen molar-refractivity contribution in [3.05, 3.63) is 35.4 Å². The summed E-state index contributed by atoms with van der Waals surface area (Å²) >= 11 is 0. The molecule has 2 rings (SSSR count). The second kappa shape index (κ2) is 3.99. The van der Waals surface area contributed by atoms with E-state index < -0.39 is 11.4 Å². The van der Waals surface area contributed by atoms with Gasteiger partial charge in [-0.25, -0.2) is 0 Å². The number of carboxylic acids is 1. The minimum Gasteiger partial charge on any atom is -0.480 e. The molecule has 1 saturated carbocycles. The van der Waals surface area contributed by atoms with Crippen molar-refractivity contribution in [3.63, 3.8) is 0 Å². The Morgan fingerprint density at radius 1 is 1.18 bits per heavy atom. The Labute approximate surface area is 100 Å². The number of ketones is 1. The first-order chi connectivity index (χ1) is 7.97. The monoisotopic (exact) mass is 232 g/mol. The van der Waals surface area contributed by atoms with Crippen LogP contribution in [0.2, 0.25) is 0 Å². The van der Waals surface area contributed by atoms with E-state index in [2.05, 4.69) is 13.8 Å². The van der Waals surface area contributed by atoms with Gasteiger partial charge in [-0.3, -0.25) is 9.59 Å². The zero-order chi connectivity index (χ0) is 12.6. The molecule has 0 atom stereocenters. The maximum absolute atomic E-state index is 12.1. The lowest BCUT2D eigenvalue weighted by Crippen LogP contribution is -2.25. The van der Waals surface area contributed by atoms with Crippen LogP contribution in [0.4, 0.5) is 0 Å². The highest BCUT2D eigenvalue weighted by Gasteiger charge is 2.56. The van der Waals surface area contributed by atoms with Gasteiger partial charge in [0.15, 0.2) is 5.78 Å². The number of hydrogen-bond acceptors (Lipinski definition) is 2. The number of aliphatic carboxylic acids is 1. The molecule has 0 radical (unpaired) electrons. The summed E-state index contributed by atoms with van der Waals surface area (Å²) in [5.41, 5.74) is 0.537. The fraction of sp³-hybridized carbons (Fsp3) is 0.429. The van der Waals surface area contributed by atoms with Crippen molar-refractivity contribution < 1.29 is 14.7 Å². The molecule has 17 heavy (non-hydrogen) atoms. The quantitative estimate of drug-likeness (QED) is 0.641. The van der Waals surface area contributed by atoms with Gasteiger partial charge in [0.05, 0.1) is 0 Å². The van der Waals surface area contributed by atoms with Crippen LogP contribution in [0.25, 0.3) is 0 Å². The van der Waals surface area contributed by atoms with E-state index in [9.17, 15) is 9.59 Å². The van der Waals surface area contributed by atoms with E-state index in [0.29, 0.717) is 24.3 Å². The lowest BCUT2D eigenvalue weighted by Gasteiger charge is -2.10. The Morgan fingerprint density at radius 2 is 1.71 bits per heavy atom. The van der Waals surface area contributed by atoms with Crippen LogP contribution in [0.15, 0.2) is 24.3 Å². The summed E-state index contributed by atoms with van der Waals surface area (Å²) in [5, 5.41) is 9.06. The molecule has 0 aliphatic heterocycles. The highest BCUT2D eigenvalue weighted by Crippen LogP contribution is 2.48. The fourth-order valence-corrected chi connectivity index (χ4v) is 1.96. The van der Waals surface area contributed by atoms with Crippen LogP contribution in [-0.2, 0) is 4.79 Å². The molecule has 0 spiro atoms. The maximum Gasteiger partial charge on any atom is 0.317 e. The van der Waals surface area contributed by atoms with E-state index in [1.54, 1.807) is 12.1 Å². The lowest BCUT2D eigenvalue weighted by molar-refractivity contribution is -0.141. The van der Waals surface area contributed by atoms with Gasteiger partial charge in [0.25, 0.3) is 0 Å². The predicted octanol–water partition coefficient (Wildman–Crippen LogP) is 2.86. The lowest BCUT2D eigenvalue weighted by atomic mass is 9.93. The molecule has 3 heteroatoms. The number of Topliss-reactive ketones (excluding diaryl/α,β-unsaturated/α-hetero) is 1. The molecule has 3 nitrogen and oxygen atoms in total. The molecule has 1 aromatic carbocycles. The van der Waals surface area contributed by atoms with E-state index >= 15 is 0 Å². The zero-order valence-corrected chi connectivity index (χ0v) is 10.1. The molecule has 90 valence electrons. The summed E-state index contributed by atoms with van der Waals surface area (Å²) in [6.45, 7) is 4.16. The molecule has 1 aliphatic rings. The van der Waals surface area contributed by atoms with E-state index in [4.69, 9.17) is 5.11 Å². The molecule has 1 aromatic rings. The molecular weight excluding hydrogens is 216 g/mol. The number of rotatable bonds is 4. The third-order valence-corrected chi connectivity index (χ3v) is 3.43. The molecule has 0 bridgehead atoms. The summed E-state index contributed by atoms with van der Waals surface area (Å²) in [6, 6.07) is 7.27. The van der Waals surface area contributed by atoms with Crippen molar-refractivity contribution in [2.75, 3.05) is 0 Å². The topological polar surface area (TPSA) is 54.4 Å². The molecule has 0 saturated heterocycles. The van der Waals surface area contributed by atoms with Crippen LogP contribution < -0.4 is 0 Å². The normalized spacial score (nSPS) is 16.9. The Morgan fingerprint density at radius 3 is 2.06 bits per heavy atom. The first-order valence-electron chi connectivity index (χ1n) is 5.85. The Hall–Kier alpha value is -1.64. The summed E-state index contributed by atoms with van der Waals surface area (Å²) in [6.07, 6.45) is 0.931. The molecule has 0 amide bonds. The van der Waals surface area contributed by atoms with Gasteiger partial charge in [0.1, 0.15) is 5.41 Å². The second-order valence-corrected chi connectivity index (χ2v) is 4.99. The van der Waals surface area contributed by atoms with Gasteiger partial charge in [-0.15, -0.1) is 0 Å². The van der Waals surface area contributed by atoms with Crippen molar-refractivity contribution in [3.8, 4) is 0 Å². The molecule has 0 unspecified atom stereocenters. The number of hydrogen-bond donors (Lipinski definition) is 1. The van der Waals surface area contributed by atoms with Crippen molar-refractivity contribution in [1.29, 1.82) is 0 Å². The highest BCUT2D eigenvalue weighted by atomic mass is 16.4. The fourth-order valence-electron chi connectivity index (χ4n) is 1.96.